The molecule has 6 heteroatoms. The maximum Gasteiger partial charge on any atom is 0.251 e. The largest absolute Gasteiger partial charge is 0.490 e. The lowest BCUT2D eigenvalue weighted by atomic mass is 10.0. The average molecular weight is 400 g/mol. The van der Waals surface area contributed by atoms with Crippen LogP contribution < -0.4 is 10.1 Å². The molecule has 0 saturated carbocycles. The van der Waals surface area contributed by atoms with Crippen molar-refractivity contribution in [1.29, 1.82) is 5.41 Å². The summed E-state index contributed by atoms with van der Waals surface area (Å²) >= 11 is 0. The number of benzene rings is 1. The Balaban J connectivity index is 2.98. The Kier molecular flexibility index (Phi) is 10.6. The number of ether oxygens (including phenoxy) is 1. The summed E-state index contributed by atoms with van der Waals surface area (Å²) in [5, 5.41) is 19.3. The third kappa shape index (κ3) is 8.87. The summed E-state index contributed by atoms with van der Waals surface area (Å²) in [6, 6.07) is 5.39. The number of aliphatic hydroxyl groups is 1. The van der Waals surface area contributed by atoms with Gasteiger partial charge in [0.05, 0.1) is 5.71 Å². The topological polar surface area (TPSA) is 94.8 Å². The summed E-state index contributed by atoms with van der Waals surface area (Å²) in [4.78, 5) is 16.8. The van der Waals surface area contributed by atoms with Gasteiger partial charge in [-0.25, -0.2) is 0 Å². The first-order chi connectivity index (χ1) is 13.8. The van der Waals surface area contributed by atoms with Crippen molar-refractivity contribution < 1.29 is 14.6 Å². The molecule has 0 radical (unpaired) electrons. The number of rotatable bonds is 12. The molecule has 1 unspecified atom stereocenters. The molecule has 0 spiro atoms. The lowest BCUT2D eigenvalue weighted by Crippen LogP contribution is -2.25. The molecule has 0 aliphatic heterocycles. The Morgan fingerprint density at radius 2 is 1.97 bits per heavy atom. The van der Waals surface area contributed by atoms with Crippen LogP contribution in [0.4, 0.5) is 0 Å². The molecule has 0 fully saturated rings. The molecular weight excluding hydrogens is 366 g/mol. The summed E-state index contributed by atoms with van der Waals surface area (Å²) in [7, 11) is 0. The summed E-state index contributed by atoms with van der Waals surface area (Å²) < 4.78 is 6.05. The molecule has 158 valence electrons. The average Bonchev–Trinajstić information content (AvgIpc) is 2.70. The minimum absolute atomic E-state index is 0.0593. The third-order valence-corrected chi connectivity index (χ3v) is 4.25. The van der Waals surface area contributed by atoms with Crippen LogP contribution in [-0.4, -0.2) is 42.2 Å². The fourth-order valence-corrected chi connectivity index (χ4v) is 2.58. The number of carbonyl (C=O) groups excluding carboxylic acids is 1. The van der Waals surface area contributed by atoms with Crippen molar-refractivity contribution >= 4 is 23.4 Å². The zero-order chi connectivity index (χ0) is 21.8. The van der Waals surface area contributed by atoms with Crippen LogP contribution in [0, 0.1) is 5.41 Å². The van der Waals surface area contributed by atoms with Crippen LogP contribution in [0.5, 0.6) is 5.75 Å². The van der Waals surface area contributed by atoms with E-state index >= 15 is 0 Å². The van der Waals surface area contributed by atoms with Crippen LogP contribution in [0.3, 0.4) is 0 Å². The second-order valence-electron chi connectivity index (χ2n) is 7.14. The van der Waals surface area contributed by atoms with Gasteiger partial charge in [0, 0.05) is 37.6 Å². The maximum atomic E-state index is 12.7. The highest BCUT2D eigenvalue weighted by Crippen LogP contribution is 2.24. The van der Waals surface area contributed by atoms with Crippen molar-refractivity contribution in [2.75, 3.05) is 13.2 Å². The van der Waals surface area contributed by atoms with Crippen molar-refractivity contribution in [2.45, 2.75) is 53.1 Å². The van der Waals surface area contributed by atoms with Gasteiger partial charge in [0.25, 0.3) is 5.91 Å². The number of allylic oxidation sites excluding steroid dienone is 1. The number of nitrogens with one attached hydrogen (secondary N) is 2. The predicted octanol–water partition coefficient (Wildman–Crippen LogP) is 4.39. The maximum absolute atomic E-state index is 12.7. The Labute approximate surface area is 173 Å². The van der Waals surface area contributed by atoms with E-state index in [-0.39, 0.29) is 18.6 Å². The standard InChI is InChI=1S/C23H33N3O3/c1-6-7-21(8-9-27)29-22-11-19(16(2)3)10-20(12-22)23(28)26-15-17(4)14-25-18(5)13-24/h10-14,21,24,27H,2,6-9,15H2,1,3-5H3,(H,26,28)/b17-14+,24-13?,25-18?. The predicted molar refractivity (Wildman–Crippen MR) is 120 cm³/mol. The minimum atomic E-state index is -0.215. The smallest absolute Gasteiger partial charge is 0.251 e. The zero-order valence-electron chi connectivity index (χ0n) is 17.9. The second kappa shape index (κ2) is 12.7. The molecule has 0 aliphatic carbocycles. The molecular formula is C23H33N3O3. The van der Waals surface area contributed by atoms with Crippen molar-refractivity contribution in [3.8, 4) is 5.75 Å². The molecule has 1 atom stereocenters. The SMILES string of the molecule is C=C(C)c1cc(OC(CCC)CCO)cc(C(=O)NC/C(C)=C/N=C(C)C=N)c1. The minimum Gasteiger partial charge on any atom is -0.490 e. The number of amides is 1. The van der Waals surface area contributed by atoms with Crippen LogP contribution in [0.15, 0.2) is 41.5 Å². The summed E-state index contributed by atoms with van der Waals surface area (Å²) in [6.07, 6.45) is 5.05. The van der Waals surface area contributed by atoms with Gasteiger partial charge in [-0.3, -0.25) is 9.79 Å². The number of carbonyl (C=O) groups is 1. The van der Waals surface area contributed by atoms with E-state index in [1.165, 1.54) is 6.21 Å². The number of hydrogen-bond donors (Lipinski definition) is 3. The summed E-state index contributed by atoms with van der Waals surface area (Å²) in [5.41, 5.74) is 3.64. The first kappa shape index (κ1) is 24.3. The normalized spacial score (nSPS) is 13.0. The van der Waals surface area contributed by atoms with Gasteiger partial charge < -0.3 is 20.6 Å². The lowest BCUT2D eigenvalue weighted by Gasteiger charge is -2.19. The van der Waals surface area contributed by atoms with Gasteiger partial charge in [0.2, 0.25) is 0 Å². The molecule has 1 aromatic carbocycles. The summed E-state index contributed by atoms with van der Waals surface area (Å²) in [6.45, 7) is 11.9. The molecule has 1 rings (SSSR count). The Morgan fingerprint density at radius 3 is 2.55 bits per heavy atom. The number of aliphatic hydroxyl groups excluding tert-OH is 1. The van der Waals surface area contributed by atoms with E-state index in [0.29, 0.717) is 30.0 Å². The Morgan fingerprint density at radius 1 is 1.28 bits per heavy atom. The van der Waals surface area contributed by atoms with Crippen LogP contribution >= 0.6 is 0 Å². The first-order valence-corrected chi connectivity index (χ1v) is 9.87. The molecule has 6 nitrogen and oxygen atoms in total. The van der Waals surface area contributed by atoms with E-state index in [2.05, 4.69) is 23.8 Å². The molecule has 0 saturated heterocycles. The monoisotopic (exact) mass is 399 g/mol. The molecule has 0 aliphatic rings. The highest BCUT2D eigenvalue weighted by Gasteiger charge is 2.14. The quantitative estimate of drug-likeness (QED) is 0.455. The van der Waals surface area contributed by atoms with Gasteiger partial charge in [-0.15, -0.1) is 0 Å². The van der Waals surface area contributed by atoms with Crippen molar-refractivity contribution in [1.82, 2.24) is 5.32 Å². The second-order valence-corrected chi connectivity index (χ2v) is 7.14. The lowest BCUT2D eigenvalue weighted by molar-refractivity contribution is 0.0955. The Hall–Kier alpha value is -2.73. The zero-order valence-corrected chi connectivity index (χ0v) is 17.9. The van der Waals surface area contributed by atoms with E-state index in [1.54, 1.807) is 25.3 Å². The van der Waals surface area contributed by atoms with Crippen molar-refractivity contribution in [2.24, 2.45) is 4.99 Å². The van der Waals surface area contributed by atoms with Crippen molar-refractivity contribution in [3.05, 3.63) is 47.7 Å². The van der Waals surface area contributed by atoms with Gasteiger partial charge in [-0.1, -0.05) is 25.5 Å². The van der Waals surface area contributed by atoms with E-state index < -0.39 is 0 Å². The van der Waals surface area contributed by atoms with E-state index in [1.807, 2.05) is 19.9 Å². The molecule has 1 aromatic rings. The molecule has 29 heavy (non-hydrogen) atoms. The highest BCUT2D eigenvalue weighted by molar-refractivity contribution is 6.28. The number of hydrogen-bond acceptors (Lipinski definition) is 5. The number of aliphatic imine (C=N–C) groups is 1. The van der Waals surface area contributed by atoms with Crippen LogP contribution in [-0.2, 0) is 0 Å². The van der Waals surface area contributed by atoms with Crippen LogP contribution in [0.1, 0.15) is 62.9 Å². The summed E-state index contributed by atoms with van der Waals surface area (Å²) in [5.74, 6) is 0.383. The van der Waals surface area contributed by atoms with Crippen molar-refractivity contribution in [3.63, 3.8) is 0 Å². The third-order valence-electron chi connectivity index (χ3n) is 4.25. The van der Waals surface area contributed by atoms with Gasteiger partial charge in [-0.05, 0) is 56.5 Å². The molecule has 3 N–H and O–H groups in total. The molecule has 0 heterocycles. The van der Waals surface area contributed by atoms with Crippen LogP contribution in [0.2, 0.25) is 0 Å². The molecule has 0 aromatic heterocycles. The van der Waals surface area contributed by atoms with Gasteiger partial charge in [0.1, 0.15) is 11.9 Å². The molecule has 1 amide bonds. The Bertz CT molecular complexity index is 776. The fraction of sp³-hybridized carbons (Fsp3) is 0.435. The first-order valence-electron chi connectivity index (χ1n) is 9.87. The fourth-order valence-electron chi connectivity index (χ4n) is 2.58. The number of nitrogens with zero attached hydrogens (tertiary/aromatic N) is 1. The van der Waals surface area contributed by atoms with E-state index in [9.17, 15) is 9.90 Å². The van der Waals surface area contributed by atoms with E-state index in [4.69, 9.17) is 10.1 Å². The van der Waals surface area contributed by atoms with Gasteiger partial charge in [-0.2, -0.15) is 0 Å². The van der Waals surface area contributed by atoms with Crippen LogP contribution in [0.25, 0.3) is 5.57 Å². The molecule has 0 bridgehead atoms. The van der Waals surface area contributed by atoms with Gasteiger partial charge in [0.15, 0.2) is 0 Å². The van der Waals surface area contributed by atoms with Gasteiger partial charge >= 0.3 is 0 Å². The highest BCUT2D eigenvalue weighted by atomic mass is 16.5. The van der Waals surface area contributed by atoms with E-state index in [0.717, 1.165) is 29.6 Å².